The molecule has 1 heterocycles. The standard InChI is InChI=1S/C17H13FO4/c1-20-17(19)12-7-6-11-9-16(22-15(11)8-12)21-10-13-4-2-3-5-14(13)18/h2-9H,10H2,1H3. The average molecular weight is 300 g/mol. The zero-order valence-corrected chi connectivity index (χ0v) is 11.8. The van der Waals surface area contributed by atoms with Gasteiger partial charge in [0.25, 0.3) is 5.95 Å². The first-order valence-corrected chi connectivity index (χ1v) is 6.65. The van der Waals surface area contributed by atoms with E-state index in [9.17, 15) is 9.18 Å². The molecule has 0 radical (unpaired) electrons. The summed E-state index contributed by atoms with van der Waals surface area (Å²) in [4.78, 5) is 11.5. The second-order valence-corrected chi connectivity index (χ2v) is 4.69. The number of methoxy groups -OCH3 is 1. The molecule has 0 aliphatic carbocycles. The summed E-state index contributed by atoms with van der Waals surface area (Å²) >= 11 is 0. The molecule has 0 unspecified atom stereocenters. The summed E-state index contributed by atoms with van der Waals surface area (Å²) in [6.07, 6.45) is 0. The van der Waals surface area contributed by atoms with Gasteiger partial charge in [-0.05, 0) is 18.2 Å². The van der Waals surface area contributed by atoms with E-state index in [2.05, 4.69) is 4.74 Å². The van der Waals surface area contributed by atoms with E-state index in [4.69, 9.17) is 9.15 Å². The zero-order valence-electron chi connectivity index (χ0n) is 11.8. The van der Waals surface area contributed by atoms with Crippen molar-refractivity contribution in [2.24, 2.45) is 0 Å². The summed E-state index contributed by atoms with van der Waals surface area (Å²) in [5, 5.41) is 0.788. The molecule has 0 aliphatic heterocycles. The van der Waals surface area contributed by atoms with E-state index in [-0.39, 0.29) is 18.4 Å². The van der Waals surface area contributed by atoms with Crippen LogP contribution >= 0.6 is 0 Å². The fourth-order valence-electron chi connectivity index (χ4n) is 2.09. The largest absolute Gasteiger partial charge is 0.465 e. The first-order chi connectivity index (χ1) is 10.7. The van der Waals surface area contributed by atoms with Crippen molar-refractivity contribution in [3.63, 3.8) is 0 Å². The molecule has 1 aromatic heterocycles. The van der Waals surface area contributed by atoms with E-state index >= 15 is 0 Å². The Kier molecular flexibility index (Phi) is 3.78. The number of fused-ring (bicyclic) bond motifs is 1. The number of halogens is 1. The van der Waals surface area contributed by atoms with Crippen molar-refractivity contribution in [3.8, 4) is 5.95 Å². The Hall–Kier alpha value is -2.82. The van der Waals surface area contributed by atoms with Crippen LogP contribution in [-0.2, 0) is 11.3 Å². The number of furan rings is 1. The lowest BCUT2D eigenvalue weighted by Gasteiger charge is -2.03. The summed E-state index contributed by atoms with van der Waals surface area (Å²) in [5.74, 6) is -0.501. The highest BCUT2D eigenvalue weighted by Crippen LogP contribution is 2.27. The predicted octanol–water partition coefficient (Wildman–Crippen LogP) is 3.94. The van der Waals surface area contributed by atoms with Crippen molar-refractivity contribution in [1.82, 2.24) is 0 Å². The molecule has 2 aromatic carbocycles. The van der Waals surface area contributed by atoms with Crippen molar-refractivity contribution in [2.45, 2.75) is 6.61 Å². The predicted molar refractivity (Wildman–Crippen MR) is 78.3 cm³/mol. The Morgan fingerprint density at radius 1 is 1.18 bits per heavy atom. The molecule has 0 bridgehead atoms. The lowest BCUT2D eigenvalue weighted by atomic mass is 10.2. The minimum Gasteiger partial charge on any atom is -0.465 e. The van der Waals surface area contributed by atoms with Crippen LogP contribution < -0.4 is 4.74 Å². The van der Waals surface area contributed by atoms with Gasteiger partial charge in [0.2, 0.25) is 0 Å². The van der Waals surface area contributed by atoms with Gasteiger partial charge < -0.3 is 13.9 Å². The fraction of sp³-hybridized carbons (Fsp3) is 0.118. The Morgan fingerprint density at radius 3 is 2.77 bits per heavy atom. The molecule has 112 valence electrons. The number of hydrogen-bond donors (Lipinski definition) is 0. The lowest BCUT2D eigenvalue weighted by molar-refractivity contribution is 0.0600. The highest BCUT2D eigenvalue weighted by Gasteiger charge is 2.11. The Morgan fingerprint density at radius 2 is 2.00 bits per heavy atom. The first-order valence-electron chi connectivity index (χ1n) is 6.65. The molecule has 0 aliphatic rings. The van der Waals surface area contributed by atoms with Gasteiger partial charge in [-0.2, -0.15) is 0 Å². The molecule has 0 N–H and O–H groups in total. The second kappa shape index (κ2) is 5.89. The molecule has 3 rings (SSSR count). The fourth-order valence-corrected chi connectivity index (χ4v) is 2.09. The highest BCUT2D eigenvalue weighted by atomic mass is 19.1. The van der Waals surface area contributed by atoms with Crippen molar-refractivity contribution in [2.75, 3.05) is 7.11 Å². The van der Waals surface area contributed by atoms with Crippen LogP contribution in [0.4, 0.5) is 4.39 Å². The lowest BCUT2D eigenvalue weighted by Crippen LogP contribution is -1.99. The van der Waals surface area contributed by atoms with E-state index in [1.807, 2.05) is 0 Å². The molecule has 0 fully saturated rings. The summed E-state index contributed by atoms with van der Waals surface area (Å²) in [5.41, 5.74) is 1.34. The number of benzene rings is 2. The Labute approximate surface area is 126 Å². The third-order valence-electron chi connectivity index (χ3n) is 3.25. The third-order valence-corrected chi connectivity index (χ3v) is 3.25. The number of ether oxygens (including phenoxy) is 2. The summed E-state index contributed by atoms with van der Waals surface area (Å²) in [6, 6.07) is 13.0. The van der Waals surface area contributed by atoms with Gasteiger partial charge in [0.05, 0.1) is 12.7 Å². The van der Waals surface area contributed by atoms with E-state index in [0.717, 1.165) is 5.39 Å². The molecule has 0 saturated heterocycles. The Bertz CT molecular complexity index is 822. The zero-order chi connectivity index (χ0) is 15.5. The van der Waals surface area contributed by atoms with Crippen LogP contribution in [0.3, 0.4) is 0 Å². The number of rotatable bonds is 4. The minimum absolute atomic E-state index is 0.0658. The van der Waals surface area contributed by atoms with Gasteiger partial charge in [0.15, 0.2) is 0 Å². The molecular weight excluding hydrogens is 287 g/mol. The van der Waals surface area contributed by atoms with Crippen molar-refractivity contribution < 1.29 is 23.1 Å². The van der Waals surface area contributed by atoms with Crippen molar-refractivity contribution in [1.29, 1.82) is 0 Å². The SMILES string of the molecule is COC(=O)c1ccc2cc(OCc3ccccc3F)oc2c1. The van der Waals surface area contributed by atoms with Gasteiger partial charge in [-0.3, -0.25) is 0 Å². The van der Waals surface area contributed by atoms with E-state index in [0.29, 0.717) is 16.7 Å². The van der Waals surface area contributed by atoms with Crippen LogP contribution in [0.5, 0.6) is 5.95 Å². The topological polar surface area (TPSA) is 48.7 Å². The van der Waals surface area contributed by atoms with Gasteiger partial charge in [-0.25, -0.2) is 9.18 Å². The number of carbonyl (C=O) groups is 1. The molecule has 5 heteroatoms. The maximum atomic E-state index is 13.5. The quantitative estimate of drug-likeness (QED) is 0.685. The molecule has 22 heavy (non-hydrogen) atoms. The Balaban J connectivity index is 1.80. The van der Waals surface area contributed by atoms with Crippen LogP contribution in [0.1, 0.15) is 15.9 Å². The maximum Gasteiger partial charge on any atom is 0.337 e. The van der Waals surface area contributed by atoms with E-state index in [1.54, 1.807) is 42.5 Å². The van der Waals surface area contributed by atoms with Crippen LogP contribution in [-0.4, -0.2) is 13.1 Å². The van der Waals surface area contributed by atoms with Crippen molar-refractivity contribution >= 4 is 16.9 Å². The van der Waals surface area contributed by atoms with Crippen LogP contribution in [0.25, 0.3) is 11.0 Å². The van der Waals surface area contributed by atoms with E-state index in [1.165, 1.54) is 13.2 Å². The maximum absolute atomic E-state index is 13.5. The van der Waals surface area contributed by atoms with Crippen molar-refractivity contribution in [3.05, 3.63) is 65.5 Å². The molecule has 0 spiro atoms. The van der Waals surface area contributed by atoms with Gasteiger partial charge in [-0.15, -0.1) is 0 Å². The molecule has 0 saturated carbocycles. The highest BCUT2D eigenvalue weighted by molar-refractivity contribution is 5.94. The van der Waals surface area contributed by atoms with Gasteiger partial charge in [0, 0.05) is 17.0 Å². The van der Waals surface area contributed by atoms with Crippen LogP contribution in [0.2, 0.25) is 0 Å². The molecule has 3 aromatic rings. The van der Waals surface area contributed by atoms with Crippen LogP contribution in [0.15, 0.2) is 52.9 Å². The third kappa shape index (κ3) is 2.79. The summed E-state index contributed by atoms with van der Waals surface area (Å²) in [6.45, 7) is 0.0658. The number of hydrogen-bond acceptors (Lipinski definition) is 4. The van der Waals surface area contributed by atoms with Gasteiger partial charge in [0.1, 0.15) is 18.0 Å². The normalized spacial score (nSPS) is 10.6. The molecular formula is C17H13FO4. The summed E-state index contributed by atoms with van der Waals surface area (Å²) < 4.78 is 29.1. The van der Waals surface area contributed by atoms with Gasteiger partial charge in [-0.1, -0.05) is 24.3 Å². The summed E-state index contributed by atoms with van der Waals surface area (Å²) in [7, 11) is 1.32. The van der Waals surface area contributed by atoms with E-state index < -0.39 is 5.97 Å². The van der Waals surface area contributed by atoms with Crippen LogP contribution in [0, 0.1) is 5.82 Å². The second-order valence-electron chi connectivity index (χ2n) is 4.69. The molecule has 4 nitrogen and oxygen atoms in total. The number of carbonyl (C=O) groups excluding carboxylic acids is 1. The van der Waals surface area contributed by atoms with Gasteiger partial charge >= 0.3 is 5.97 Å². The molecule has 0 amide bonds. The first kappa shape index (κ1) is 14.1. The smallest absolute Gasteiger partial charge is 0.337 e. The average Bonchev–Trinajstić information content (AvgIpc) is 2.95. The molecule has 0 atom stereocenters. The number of esters is 1. The monoisotopic (exact) mass is 300 g/mol. The minimum atomic E-state index is -0.438.